The van der Waals surface area contributed by atoms with Gasteiger partial charge < -0.3 is 25.2 Å². The normalized spacial score (nSPS) is 19.2. The van der Waals surface area contributed by atoms with Gasteiger partial charge in [-0.1, -0.05) is 18.2 Å². The fourth-order valence-electron chi connectivity index (χ4n) is 3.64. The van der Waals surface area contributed by atoms with E-state index in [2.05, 4.69) is 10.6 Å². The number of hydrogen-bond acceptors (Lipinski definition) is 3. The summed E-state index contributed by atoms with van der Waals surface area (Å²) in [5, 5.41) is 6.04. The minimum Gasteiger partial charge on any atom is -0.379 e. The minimum absolute atomic E-state index is 0.0576. The zero-order valence-electron chi connectivity index (χ0n) is 18.4. The number of benzene rings is 1. The molecule has 0 aromatic heterocycles. The van der Waals surface area contributed by atoms with Gasteiger partial charge in [0.2, 0.25) is 0 Å². The summed E-state index contributed by atoms with van der Waals surface area (Å²) in [6.45, 7) is 14.0. The number of rotatable bonds is 10. The summed E-state index contributed by atoms with van der Waals surface area (Å²) in [4.78, 5) is 27.1. The lowest BCUT2D eigenvalue weighted by atomic mass is 10.1. The zero-order chi connectivity index (χ0) is 21.2. The highest BCUT2D eigenvalue weighted by Gasteiger charge is 2.26. The Morgan fingerprint density at radius 3 is 2.10 bits per heavy atom. The van der Waals surface area contributed by atoms with Gasteiger partial charge in [0.15, 0.2) is 13.1 Å². The van der Waals surface area contributed by atoms with Crippen molar-refractivity contribution >= 4 is 17.5 Å². The number of aryl methyl sites for hydroxylation is 2. The molecule has 0 atom stereocenters. The molecular weight excluding hydrogens is 368 g/mol. The van der Waals surface area contributed by atoms with Gasteiger partial charge in [-0.3, -0.25) is 9.59 Å². The molecule has 29 heavy (non-hydrogen) atoms. The number of anilines is 1. The Morgan fingerprint density at radius 2 is 1.55 bits per heavy atom. The zero-order valence-corrected chi connectivity index (χ0v) is 18.4. The molecule has 0 saturated carbocycles. The molecule has 7 heteroatoms. The van der Waals surface area contributed by atoms with Crippen molar-refractivity contribution in [2.45, 2.75) is 40.2 Å². The van der Waals surface area contributed by atoms with Gasteiger partial charge in [0, 0.05) is 18.8 Å². The smallest absolute Gasteiger partial charge is 0.279 e. The average Bonchev–Trinajstić information content (AvgIpc) is 2.66. The predicted molar refractivity (Wildman–Crippen MR) is 114 cm³/mol. The van der Waals surface area contributed by atoms with E-state index < -0.39 is 0 Å². The molecule has 162 valence electrons. The van der Waals surface area contributed by atoms with E-state index in [1.54, 1.807) is 0 Å². The summed E-state index contributed by atoms with van der Waals surface area (Å²) in [5.74, 6) is 0.156. The molecule has 1 aliphatic rings. The van der Waals surface area contributed by atoms with Crippen molar-refractivity contribution in [3.63, 3.8) is 0 Å². The highest BCUT2D eigenvalue weighted by molar-refractivity contribution is 5.93. The number of piperazine rings is 1. The van der Waals surface area contributed by atoms with E-state index in [9.17, 15) is 9.59 Å². The number of quaternary nitrogens is 2. The van der Waals surface area contributed by atoms with Crippen LogP contribution in [0, 0.1) is 13.8 Å². The van der Waals surface area contributed by atoms with Gasteiger partial charge in [-0.25, -0.2) is 0 Å². The Morgan fingerprint density at radius 1 is 1.00 bits per heavy atom. The van der Waals surface area contributed by atoms with Gasteiger partial charge in [-0.05, 0) is 45.2 Å². The fraction of sp³-hybridized carbons (Fsp3) is 0.636. The molecule has 7 nitrogen and oxygen atoms in total. The van der Waals surface area contributed by atoms with E-state index in [1.165, 1.54) is 9.80 Å². The summed E-state index contributed by atoms with van der Waals surface area (Å²) in [6, 6.07) is 6.03. The Balaban J connectivity index is 1.63. The maximum atomic E-state index is 12.4. The van der Waals surface area contributed by atoms with Gasteiger partial charge >= 0.3 is 0 Å². The predicted octanol–water partition coefficient (Wildman–Crippen LogP) is -1.04. The summed E-state index contributed by atoms with van der Waals surface area (Å²) < 4.78 is 5.48. The Bertz CT molecular complexity index is 650. The first-order valence-electron chi connectivity index (χ1n) is 10.8. The van der Waals surface area contributed by atoms with Crippen LogP contribution in [-0.2, 0) is 14.3 Å². The van der Waals surface area contributed by atoms with Crippen molar-refractivity contribution in [2.24, 2.45) is 0 Å². The lowest BCUT2D eigenvalue weighted by Gasteiger charge is -2.29. The molecule has 2 rings (SSSR count). The van der Waals surface area contributed by atoms with Gasteiger partial charge in [0.25, 0.3) is 11.8 Å². The van der Waals surface area contributed by atoms with Crippen LogP contribution in [0.25, 0.3) is 0 Å². The molecule has 0 unspecified atom stereocenters. The largest absolute Gasteiger partial charge is 0.379 e. The molecule has 2 amide bonds. The highest BCUT2D eigenvalue weighted by Crippen LogP contribution is 2.18. The average molecular weight is 407 g/mol. The first-order chi connectivity index (χ1) is 13.8. The van der Waals surface area contributed by atoms with Crippen molar-refractivity contribution in [1.82, 2.24) is 5.32 Å². The minimum atomic E-state index is 0.0576. The lowest BCUT2D eigenvalue weighted by molar-refractivity contribution is -1.00. The maximum absolute atomic E-state index is 12.4. The van der Waals surface area contributed by atoms with Crippen molar-refractivity contribution in [2.75, 3.05) is 57.7 Å². The van der Waals surface area contributed by atoms with Crippen LogP contribution in [-0.4, -0.2) is 70.3 Å². The molecule has 0 radical (unpaired) electrons. The van der Waals surface area contributed by atoms with Crippen molar-refractivity contribution < 1.29 is 24.1 Å². The van der Waals surface area contributed by atoms with E-state index >= 15 is 0 Å². The topological polar surface area (TPSA) is 76.3 Å². The van der Waals surface area contributed by atoms with Crippen LogP contribution < -0.4 is 20.4 Å². The quantitative estimate of drug-likeness (QED) is 0.375. The molecule has 1 aromatic rings. The standard InChI is InChI=1S/C22H36N4O3/c1-17(2)29-14-6-9-23-20(27)15-25-10-12-26(13-11-25)16-21(28)24-22-18(3)7-5-8-19(22)4/h5,7-8,17H,6,9-16H2,1-4H3,(H,23,27)(H,24,28)/p+2. The third kappa shape index (κ3) is 8.51. The first kappa shape index (κ1) is 23.3. The van der Waals surface area contributed by atoms with E-state index in [0.717, 1.165) is 49.4 Å². The Hall–Kier alpha value is -1.96. The second-order valence-corrected chi connectivity index (χ2v) is 8.29. The summed E-state index contributed by atoms with van der Waals surface area (Å²) >= 11 is 0. The van der Waals surface area contributed by atoms with Crippen LogP contribution in [0.1, 0.15) is 31.4 Å². The number of carbonyl (C=O) groups excluding carboxylic acids is 2. The van der Waals surface area contributed by atoms with Crippen LogP contribution in [0.2, 0.25) is 0 Å². The molecule has 4 N–H and O–H groups in total. The first-order valence-corrected chi connectivity index (χ1v) is 10.8. The van der Waals surface area contributed by atoms with E-state index in [-0.39, 0.29) is 17.9 Å². The van der Waals surface area contributed by atoms with Crippen molar-refractivity contribution in [1.29, 1.82) is 0 Å². The second kappa shape index (κ2) is 11.9. The van der Waals surface area contributed by atoms with E-state index in [4.69, 9.17) is 4.74 Å². The van der Waals surface area contributed by atoms with Gasteiger partial charge in [-0.2, -0.15) is 0 Å². The number of carbonyl (C=O) groups is 2. The third-order valence-corrected chi connectivity index (χ3v) is 5.33. The molecule has 0 aliphatic carbocycles. The van der Waals surface area contributed by atoms with Crippen LogP contribution in [0.3, 0.4) is 0 Å². The Labute approximate surface area is 174 Å². The number of amides is 2. The molecule has 1 aliphatic heterocycles. The second-order valence-electron chi connectivity index (χ2n) is 8.29. The summed E-state index contributed by atoms with van der Waals surface area (Å²) in [7, 11) is 0. The van der Waals surface area contributed by atoms with Crippen molar-refractivity contribution in [3.8, 4) is 0 Å². The monoisotopic (exact) mass is 406 g/mol. The summed E-state index contributed by atoms with van der Waals surface area (Å²) in [6.07, 6.45) is 1.07. The number of hydrogen-bond donors (Lipinski definition) is 4. The molecule has 0 spiro atoms. The van der Waals surface area contributed by atoms with Crippen LogP contribution in [0.15, 0.2) is 18.2 Å². The van der Waals surface area contributed by atoms with Crippen LogP contribution in [0.4, 0.5) is 5.69 Å². The third-order valence-electron chi connectivity index (χ3n) is 5.33. The van der Waals surface area contributed by atoms with E-state index in [1.807, 2.05) is 45.9 Å². The molecule has 1 aromatic carbocycles. The highest BCUT2D eigenvalue weighted by atomic mass is 16.5. The SMILES string of the molecule is Cc1cccc(C)c1NC(=O)C[NH+]1CC[NH+](CC(=O)NCCCOC(C)C)CC1. The molecule has 1 saturated heterocycles. The van der Waals surface area contributed by atoms with E-state index in [0.29, 0.717) is 26.2 Å². The molecule has 0 bridgehead atoms. The van der Waals surface area contributed by atoms with Crippen LogP contribution >= 0.6 is 0 Å². The van der Waals surface area contributed by atoms with Crippen molar-refractivity contribution in [3.05, 3.63) is 29.3 Å². The maximum Gasteiger partial charge on any atom is 0.279 e. The number of nitrogens with one attached hydrogen (secondary N) is 4. The number of ether oxygens (including phenoxy) is 1. The lowest BCUT2D eigenvalue weighted by Crippen LogP contribution is -3.28. The molecule has 1 heterocycles. The van der Waals surface area contributed by atoms with Gasteiger partial charge in [0.1, 0.15) is 26.2 Å². The summed E-state index contributed by atoms with van der Waals surface area (Å²) in [5.41, 5.74) is 3.10. The molecule has 1 fully saturated rings. The van der Waals surface area contributed by atoms with Gasteiger partial charge in [-0.15, -0.1) is 0 Å². The fourth-order valence-corrected chi connectivity index (χ4v) is 3.64. The van der Waals surface area contributed by atoms with Crippen LogP contribution in [0.5, 0.6) is 0 Å². The molecular formula is C22H38N4O3+2. The number of para-hydroxylation sites is 1. The van der Waals surface area contributed by atoms with Gasteiger partial charge in [0.05, 0.1) is 6.10 Å². The Kier molecular flexibility index (Phi) is 9.57.